The minimum absolute atomic E-state index is 0.300. The zero-order chi connectivity index (χ0) is 11.0. The molecule has 0 aromatic carbocycles. The first kappa shape index (κ1) is 15.7. The van der Waals surface area contributed by atoms with Gasteiger partial charge in [-0.2, -0.15) is 0 Å². The van der Waals surface area contributed by atoms with Crippen molar-refractivity contribution in [2.45, 2.75) is 62.2 Å². The zero-order valence-electron chi connectivity index (χ0n) is 10.6. The van der Waals surface area contributed by atoms with Gasteiger partial charge in [-0.25, -0.2) is 0 Å². The molecule has 3 heteroatoms. The molecule has 0 saturated heterocycles. The number of hydrogen-bond acceptors (Lipinski definition) is 0. The fourth-order valence-corrected chi connectivity index (χ4v) is 10.5. The fraction of sp³-hybridized carbons (Fsp3) is 1.00. The Morgan fingerprint density at radius 1 is 0.571 bits per heavy atom. The Morgan fingerprint density at radius 3 is 1.21 bits per heavy atom. The van der Waals surface area contributed by atoms with Crippen molar-refractivity contribution in [3.63, 3.8) is 0 Å². The van der Waals surface area contributed by atoms with Crippen molar-refractivity contribution < 1.29 is 0 Å². The van der Waals surface area contributed by atoms with Crippen LogP contribution in [0.15, 0.2) is 0 Å². The van der Waals surface area contributed by atoms with E-state index in [-0.39, 0.29) is 44.0 Å². The molecule has 0 spiro atoms. The maximum absolute atomic E-state index is 2.60. The molecule has 0 heterocycles. The molecule has 0 fully saturated rings. The molecule has 0 N–H and O–H groups in total. The summed E-state index contributed by atoms with van der Waals surface area (Å²) in [7, 11) is 0. The van der Waals surface area contributed by atoms with Crippen molar-refractivity contribution in [3.05, 3.63) is 0 Å². The van der Waals surface area contributed by atoms with Crippen molar-refractivity contribution in [1.82, 2.24) is 0 Å². The molecule has 0 aliphatic rings. The van der Waals surface area contributed by atoms with Crippen LogP contribution >= 0.6 is 0 Å². The van der Waals surface area contributed by atoms with Crippen LogP contribution in [0.5, 0.6) is 0 Å². The molecule has 0 aliphatic heterocycles. The molecule has 0 radical (unpaired) electrons. The molecule has 0 bridgehead atoms. The predicted octanol–water partition coefficient (Wildman–Crippen LogP) is 4.40. The van der Waals surface area contributed by atoms with Gasteiger partial charge in [0.2, 0.25) is 0 Å². The second-order valence-corrected chi connectivity index (χ2v) is 21.0. The molecule has 0 amide bonds. The Morgan fingerprint density at radius 2 is 0.929 bits per heavy atom. The number of hydrogen-bond donors (Lipinski definition) is 0. The van der Waals surface area contributed by atoms with E-state index in [1.807, 2.05) is 0 Å². The van der Waals surface area contributed by atoms with Crippen LogP contribution in [0.3, 0.4) is 0 Å². The van der Waals surface area contributed by atoms with Gasteiger partial charge in [-0.05, 0) is 0 Å². The maximum atomic E-state index is 2.60. The molecule has 0 nitrogen and oxygen atoms in total. The average Bonchev–Trinajstić information content (AvgIpc) is 2.02. The molecule has 14 heavy (non-hydrogen) atoms. The SMILES string of the molecule is C[As](C)CCC[As](C)CCC[As](C)C. The van der Waals surface area contributed by atoms with Crippen LogP contribution in [0.2, 0.25) is 49.4 Å². The summed E-state index contributed by atoms with van der Waals surface area (Å²) in [6.07, 6.45) is 3.15. The first-order chi connectivity index (χ1) is 6.52. The summed E-state index contributed by atoms with van der Waals surface area (Å²) in [5.41, 5.74) is 12.6. The van der Waals surface area contributed by atoms with Crippen molar-refractivity contribution in [3.8, 4) is 0 Å². The van der Waals surface area contributed by atoms with Gasteiger partial charge in [-0.15, -0.1) is 0 Å². The number of rotatable bonds is 8. The summed E-state index contributed by atoms with van der Waals surface area (Å²) < 4.78 is 0. The van der Waals surface area contributed by atoms with Crippen molar-refractivity contribution in [1.29, 1.82) is 0 Å². The zero-order valence-corrected chi connectivity index (χ0v) is 16.2. The Kier molecular flexibility index (Phi) is 11.1. The Balaban J connectivity index is 3.23. The standard InChI is InChI=1S/C11H27As3/c1-12(2)8-6-10-14(5)11-7-9-13(3)4/h6-11H2,1-5H3. The summed E-state index contributed by atoms with van der Waals surface area (Å²) in [5, 5.41) is 6.48. The first-order valence-electron chi connectivity index (χ1n) is 5.50. The molecule has 0 aromatic heterocycles. The summed E-state index contributed by atoms with van der Waals surface area (Å²) in [4.78, 5) is 0. The quantitative estimate of drug-likeness (QED) is 0.545. The van der Waals surface area contributed by atoms with Gasteiger partial charge in [0.25, 0.3) is 0 Å². The molecule has 0 saturated carbocycles. The van der Waals surface area contributed by atoms with Crippen molar-refractivity contribution in [2.75, 3.05) is 0 Å². The monoisotopic (exact) mass is 384 g/mol. The Hall–Kier alpha value is 1.68. The molecular weight excluding hydrogens is 357 g/mol. The van der Waals surface area contributed by atoms with Crippen LogP contribution < -0.4 is 0 Å². The van der Waals surface area contributed by atoms with Crippen LogP contribution in [0, 0.1) is 0 Å². The van der Waals surface area contributed by atoms with E-state index < -0.39 is 0 Å². The third-order valence-electron chi connectivity index (χ3n) is 2.29. The Bertz CT molecular complexity index is 110. The predicted molar refractivity (Wildman–Crippen MR) is 75.0 cm³/mol. The molecule has 0 unspecified atom stereocenters. The Labute approximate surface area is 105 Å². The first-order valence-corrected chi connectivity index (χ1v) is 20.2. The molecule has 0 atom stereocenters. The summed E-state index contributed by atoms with van der Waals surface area (Å²) in [6.45, 7) is 0. The van der Waals surface area contributed by atoms with E-state index in [1.165, 1.54) is 0 Å². The van der Waals surface area contributed by atoms with E-state index in [1.54, 1.807) is 33.7 Å². The van der Waals surface area contributed by atoms with Crippen LogP contribution in [0.4, 0.5) is 0 Å². The van der Waals surface area contributed by atoms with Crippen molar-refractivity contribution in [2.24, 2.45) is 0 Å². The van der Waals surface area contributed by atoms with E-state index in [0.717, 1.165) is 0 Å². The second kappa shape index (κ2) is 9.87. The van der Waals surface area contributed by atoms with Gasteiger partial charge in [-0.3, -0.25) is 0 Å². The summed E-state index contributed by atoms with van der Waals surface area (Å²) in [6, 6.07) is 0. The fourth-order valence-electron chi connectivity index (χ4n) is 1.43. The van der Waals surface area contributed by atoms with Gasteiger partial charge in [-0.1, -0.05) is 0 Å². The normalized spacial score (nSPS) is 12.0. The van der Waals surface area contributed by atoms with Crippen molar-refractivity contribution >= 4 is 44.0 Å². The molecule has 86 valence electrons. The average molecular weight is 384 g/mol. The third kappa shape index (κ3) is 11.7. The summed E-state index contributed by atoms with van der Waals surface area (Å²) >= 11 is -0.937. The van der Waals surface area contributed by atoms with Crippen LogP contribution in [-0.4, -0.2) is 44.0 Å². The molecular formula is C11H27As3. The van der Waals surface area contributed by atoms with Gasteiger partial charge in [0.1, 0.15) is 0 Å². The summed E-state index contributed by atoms with van der Waals surface area (Å²) in [5.74, 6) is 0. The van der Waals surface area contributed by atoms with Gasteiger partial charge in [0.15, 0.2) is 0 Å². The van der Waals surface area contributed by atoms with E-state index >= 15 is 0 Å². The molecule has 0 aliphatic carbocycles. The van der Waals surface area contributed by atoms with Gasteiger partial charge >= 0.3 is 106 Å². The molecule has 0 aromatic rings. The van der Waals surface area contributed by atoms with E-state index in [9.17, 15) is 0 Å². The third-order valence-corrected chi connectivity index (χ3v) is 11.9. The van der Waals surface area contributed by atoms with Crippen LogP contribution in [0.25, 0.3) is 0 Å². The van der Waals surface area contributed by atoms with Gasteiger partial charge < -0.3 is 0 Å². The van der Waals surface area contributed by atoms with Crippen LogP contribution in [0.1, 0.15) is 12.8 Å². The van der Waals surface area contributed by atoms with Gasteiger partial charge in [0, 0.05) is 0 Å². The topological polar surface area (TPSA) is 0 Å². The molecule has 0 rings (SSSR count). The van der Waals surface area contributed by atoms with E-state index in [4.69, 9.17) is 0 Å². The second-order valence-electron chi connectivity index (χ2n) is 4.62. The van der Waals surface area contributed by atoms with Gasteiger partial charge in [0.05, 0.1) is 0 Å². The van der Waals surface area contributed by atoms with Crippen LogP contribution in [-0.2, 0) is 0 Å². The van der Waals surface area contributed by atoms with E-state index in [0.29, 0.717) is 0 Å². The minimum atomic E-state index is -0.337. The van der Waals surface area contributed by atoms with E-state index in [2.05, 4.69) is 28.6 Å².